The molecule has 11 heteroatoms. The lowest BCUT2D eigenvalue weighted by Gasteiger charge is -2.29. The number of aryl methyl sites for hydroxylation is 1. The second kappa shape index (κ2) is 8.46. The van der Waals surface area contributed by atoms with Crippen LogP contribution in [0.5, 0.6) is 11.5 Å². The van der Waals surface area contributed by atoms with Crippen molar-refractivity contribution in [2.75, 3.05) is 18.1 Å². The van der Waals surface area contributed by atoms with E-state index in [9.17, 15) is 4.79 Å². The first-order valence-corrected chi connectivity index (χ1v) is 12.2. The van der Waals surface area contributed by atoms with Crippen LogP contribution in [0.4, 0.5) is 15.0 Å². The zero-order valence-electron chi connectivity index (χ0n) is 21.1. The number of halogens is 1. The van der Waals surface area contributed by atoms with Gasteiger partial charge in [0.25, 0.3) is 0 Å². The quantitative estimate of drug-likeness (QED) is 0.393. The number of aromatic nitrogens is 5. The average Bonchev–Trinajstić information content (AvgIpc) is 3.60. The average molecular weight is 507 g/mol. The van der Waals surface area contributed by atoms with Gasteiger partial charge in [0.1, 0.15) is 23.5 Å². The summed E-state index contributed by atoms with van der Waals surface area (Å²) < 4.78 is 36.8. The van der Waals surface area contributed by atoms with E-state index in [0.29, 0.717) is 58.5 Å². The maximum atomic E-state index is 15.3. The Bertz CT molecular complexity index is 1520. The molecule has 0 fully saturated rings. The van der Waals surface area contributed by atoms with Crippen molar-refractivity contribution >= 4 is 17.6 Å². The minimum absolute atomic E-state index is 0.0861. The number of hydrogen-bond acceptors (Lipinski definition) is 7. The second-order valence-electron chi connectivity index (χ2n) is 10.2. The minimum atomic E-state index is -0.779. The van der Waals surface area contributed by atoms with E-state index in [1.807, 2.05) is 29.9 Å². The molecule has 10 nitrogen and oxygen atoms in total. The molecule has 1 aromatic carbocycles. The Kier molecular flexibility index (Phi) is 5.32. The van der Waals surface area contributed by atoms with Crippen molar-refractivity contribution in [2.45, 2.75) is 52.3 Å². The van der Waals surface area contributed by atoms with E-state index in [2.05, 4.69) is 15.3 Å². The standard InChI is InChI=1S/C26H27FN6O4/c1-5-31-9-8-19(30-31)16-10-21-24(33-14-28-29-23(16)33)32(25(34)37-26(2,3)4)11-17-18(27)6-7-20-22(17)15(12-35-20)13-36-21/h6-10,14-15H,5,11-13H2,1-4H3/t15-/m1/s1. The Morgan fingerprint density at radius 2 is 1.97 bits per heavy atom. The lowest BCUT2D eigenvalue weighted by molar-refractivity contribution is 0.0574. The van der Waals surface area contributed by atoms with E-state index >= 15 is 4.39 Å². The van der Waals surface area contributed by atoms with Crippen LogP contribution in [0.15, 0.2) is 36.8 Å². The monoisotopic (exact) mass is 506 g/mol. The molecule has 0 radical (unpaired) electrons. The Hall–Kier alpha value is -4.15. The highest BCUT2D eigenvalue weighted by molar-refractivity contribution is 5.91. The molecule has 3 aromatic heterocycles. The first-order chi connectivity index (χ1) is 17.7. The van der Waals surface area contributed by atoms with Crippen LogP contribution in [0, 0.1) is 5.82 Å². The van der Waals surface area contributed by atoms with Gasteiger partial charge < -0.3 is 14.2 Å². The van der Waals surface area contributed by atoms with Gasteiger partial charge in [-0.25, -0.2) is 9.18 Å². The van der Waals surface area contributed by atoms with Crippen molar-refractivity contribution < 1.29 is 23.4 Å². The van der Waals surface area contributed by atoms with Crippen molar-refractivity contribution in [3.63, 3.8) is 0 Å². The molecule has 1 atom stereocenters. The van der Waals surface area contributed by atoms with Gasteiger partial charge >= 0.3 is 6.09 Å². The zero-order valence-corrected chi connectivity index (χ0v) is 21.1. The van der Waals surface area contributed by atoms with Gasteiger partial charge in [-0.1, -0.05) is 0 Å². The fraction of sp³-hybridized carbons (Fsp3) is 0.385. The highest BCUT2D eigenvalue weighted by atomic mass is 19.1. The molecule has 0 unspecified atom stereocenters. The largest absolute Gasteiger partial charge is 0.493 e. The Balaban J connectivity index is 1.58. The molecule has 0 saturated carbocycles. The number of benzene rings is 1. The molecule has 0 bridgehead atoms. The van der Waals surface area contributed by atoms with Crippen LogP contribution < -0.4 is 14.4 Å². The van der Waals surface area contributed by atoms with E-state index in [1.54, 1.807) is 31.2 Å². The number of carbonyl (C=O) groups excluding carboxylic acids is 1. The molecule has 0 aliphatic carbocycles. The molecule has 2 aliphatic heterocycles. The highest BCUT2D eigenvalue weighted by Gasteiger charge is 2.37. The molecule has 0 saturated heterocycles. The molecule has 1 amide bonds. The smallest absolute Gasteiger partial charge is 0.416 e. The highest BCUT2D eigenvalue weighted by Crippen LogP contribution is 2.43. The van der Waals surface area contributed by atoms with Crippen LogP contribution in [0.25, 0.3) is 16.9 Å². The fourth-order valence-corrected chi connectivity index (χ4v) is 4.84. The molecular weight excluding hydrogens is 479 g/mol. The van der Waals surface area contributed by atoms with Crippen molar-refractivity contribution in [3.8, 4) is 22.8 Å². The number of fused-ring (bicyclic) bond motifs is 3. The minimum Gasteiger partial charge on any atom is -0.493 e. The first kappa shape index (κ1) is 23.3. The summed E-state index contributed by atoms with van der Waals surface area (Å²) in [5.41, 5.74) is 2.17. The van der Waals surface area contributed by atoms with Gasteiger partial charge in [-0.15, -0.1) is 10.2 Å². The normalized spacial score (nSPS) is 16.8. The molecule has 4 aromatic rings. The molecule has 0 N–H and O–H groups in total. The maximum absolute atomic E-state index is 15.3. The maximum Gasteiger partial charge on any atom is 0.416 e. The van der Waals surface area contributed by atoms with Crippen molar-refractivity contribution in [1.29, 1.82) is 0 Å². The van der Waals surface area contributed by atoms with Gasteiger partial charge in [0.05, 0.1) is 36.9 Å². The van der Waals surface area contributed by atoms with Crippen LogP contribution >= 0.6 is 0 Å². The van der Waals surface area contributed by atoms with Gasteiger partial charge in [0, 0.05) is 23.9 Å². The number of carbonyl (C=O) groups is 1. The third-order valence-electron chi connectivity index (χ3n) is 6.49. The lowest BCUT2D eigenvalue weighted by Crippen LogP contribution is -2.38. The third-order valence-corrected chi connectivity index (χ3v) is 6.49. The Labute approximate surface area is 212 Å². The summed E-state index contributed by atoms with van der Waals surface area (Å²) in [5.74, 6) is 0.728. The molecule has 6 rings (SSSR count). The summed E-state index contributed by atoms with van der Waals surface area (Å²) in [7, 11) is 0. The predicted molar refractivity (Wildman–Crippen MR) is 132 cm³/mol. The van der Waals surface area contributed by atoms with Crippen LogP contribution in [0.3, 0.4) is 0 Å². The number of hydrogen-bond donors (Lipinski definition) is 0. The van der Waals surface area contributed by atoms with E-state index in [0.717, 1.165) is 0 Å². The van der Waals surface area contributed by atoms with Crippen molar-refractivity contribution in [3.05, 3.63) is 53.7 Å². The second-order valence-corrected chi connectivity index (χ2v) is 10.2. The van der Waals surface area contributed by atoms with Crippen LogP contribution in [-0.4, -0.2) is 49.3 Å². The van der Waals surface area contributed by atoms with Crippen LogP contribution in [-0.2, 0) is 17.8 Å². The molecular formula is C26H27FN6O4. The number of anilines is 1. The molecule has 2 aliphatic rings. The van der Waals surface area contributed by atoms with Crippen molar-refractivity contribution in [2.24, 2.45) is 0 Å². The van der Waals surface area contributed by atoms with E-state index < -0.39 is 17.5 Å². The van der Waals surface area contributed by atoms with E-state index in [1.165, 1.54) is 17.3 Å². The van der Waals surface area contributed by atoms with Crippen LogP contribution in [0.2, 0.25) is 0 Å². The fourth-order valence-electron chi connectivity index (χ4n) is 4.84. The number of amides is 1. The van der Waals surface area contributed by atoms with Crippen molar-refractivity contribution in [1.82, 2.24) is 24.4 Å². The van der Waals surface area contributed by atoms with Crippen LogP contribution in [0.1, 0.15) is 44.7 Å². The summed E-state index contributed by atoms with van der Waals surface area (Å²) in [6, 6.07) is 6.69. The number of ether oxygens (including phenoxy) is 3. The van der Waals surface area contributed by atoms with Gasteiger partial charge in [0.2, 0.25) is 0 Å². The third kappa shape index (κ3) is 3.94. The number of pyridine rings is 1. The summed E-state index contributed by atoms with van der Waals surface area (Å²) in [5, 5.41) is 13.1. The summed E-state index contributed by atoms with van der Waals surface area (Å²) in [4.78, 5) is 15.0. The van der Waals surface area contributed by atoms with Gasteiger partial charge in [-0.2, -0.15) is 5.10 Å². The SMILES string of the molecule is CCn1ccc(-c2cc3c(n4cnnc24)N(C(=O)OC(C)(C)C)Cc2c(F)ccc4c2[C@H](CO4)CO3)n1. The molecule has 37 heavy (non-hydrogen) atoms. The Morgan fingerprint density at radius 3 is 2.70 bits per heavy atom. The predicted octanol–water partition coefficient (Wildman–Crippen LogP) is 4.56. The summed E-state index contributed by atoms with van der Waals surface area (Å²) in [6.07, 6.45) is 2.74. The molecule has 5 heterocycles. The zero-order chi connectivity index (χ0) is 25.9. The van der Waals surface area contributed by atoms with Gasteiger partial charge in [0.15, 0.2) is 17.2 Å². The molecule has 192 valence electrons. The molecule has 0 spiro atoms. The van der Waals surface area contributed by atoms with Gasteiger partial charge in [-0.05, 0) is 52.0 Å². The lowest BCUT2D eigenvalue weighted by atomic mass is 9.95. The number of rotatable bonds is 2. The summed E-state index contributed by atoms with van der Waals surface area (Å²) >= 11 is 0. The number of nitrogens with zero attached hydrogens (tertiary/aromatic N) is 6. The first-order valence-electron chi connectivity index (χ1n) is 12.2. The topological polar surface area (TPSA) is 96.0 Å². The Morgan fingerprint density at radius 1 is 1.19 bits per heavy atom. The van der Waals surface area contributed by atoms with Gasteiger partial charge in [-0.3, -0.25) is 14.0 Å². The van der Waals surface area contributed by atoms with E-state index in [4.69, 9.17) is 14.2 Å². The van der Waals surface area contributed by atoms with E-state index in [-0.39, 0.29) is 19.1 Å². The summed E-state index contributed by atoms with van der Waals surface area (Å²) in [6.45, 7) is 8.57.